The van der Waals surface area contributed by atoms with Crippen molar-refractivity contribution in [2.75, 3.05) is 13.2 Å². The van der Waals surface area contributed by atoms with Gasteiger partial charge in [-0.2, -0.15) is 0 Å². The molecule has 0 N–H and O–H groups in total. The van der Waals surface area contributed by atoms with E-state index in [1.165, 1.54) is 89.9 Å². The van der Waals surface area contributed by atoms with E-state index >= 15 is 0 Å². The van der Waals surface area contributed by atoms with Crippen LogP contribution in [0.2, 0.25) is 0 Å². The molecule has 0 fully saturated rings. The average Bonchev–Trinajstić information content (AvgIpc) is 3.41. The Balaban J connectivity index is 4.25. The van der Waals surface area contributed by atoms with Crippen LogP contribution in [0.4, 0.5) is 0 Å². The van der Waals surface area contributed by atoms with Gasteiger partial charge in [-0.25, -0.2) is 0 Å². The van der Waals surface area contributed by atoms with Gasteiger partial charge in [0.2, 0.25) is 0 Å². The number of hydrogen-bond donors (Lipinski definition) is 0. The molecule has 0 aliphatic carbocycles. The number of carbonyl (C=O) groups is 3. The largest absolute Gasteiger partial charge is 0.462 e. The summed E-state index contributed by atoms with van der Waals surface area (Å²) < 4.78 is 16.8. The van der Waals surface area contributed by atoms with Crippen molar-refractivity contribution in [1.29, 1.82) is 0 Å². The molecule has 6 heteroatoms. The lowest BCUT2D eigenvalue weighted by molar-refractivity contribution is -0.167. The predicted octanol–water partition coefficient (Wildman–Crippen LogP) is 21.2. The zero-order valence-electron chi connectivity index (χ0n) is 48.8. The molecule has 0 aliphatic rings. The molecule has 0 saturated carbocycles. The Morgan fingerprint density at radius 1 is 0.280 bits per heavy atom. The maximum Gasteiger partial charge on any atom is 0.306 e. The summed E-state index contributed by atoms with van der Waals surface area (Å²) in [4.78, 5) is 38.1. The van der Waals surface area contributed by atoms with E-state index < -0.39 is 6.10 Å². The van der Waals surface area contributed by atoms with Gasteiger partial charge in [-0.15, -0.1) is 0 Å². The van der Waals surface area contributed by atoms with Crippen molar-refractivity contribution in [1.82, 2.24) is 0 Å². The molecule has 0 heterocycles. The summed E-state index contributed by atoms with van der Waals surface area (Å²) in [5.41, 5.74) is 0. The van der Waals surface area contributed by atoms with Crippen LogP contribution in [-0.2, 0) is 28.6 Å². The number of ether oxygens (including phenoxy) is 3. The molecule has 0 amide bonds. The van der Waals surface area contributed by atoms with Gasteiger partial charge in [0, 0.05) is 19.3 Å². The van der Waals surface area contributed by atoms with Crippen LogP contribution < -0.4 is 0 Å². The molecule has 0 aliphatic heterocycles. The first-order valence-electron chi connectivity index (χ1n) is 31.0. The lowest BCUT2D eigenvalue weighted by Crippen LogP contribution is -2.30. The van der Waals surface area contributed by atoms with Crippen LogP contribution in [0.25, 0.3) is 0 Å². The second-order valence-corrected chi connectivity index (χ2v) is 20.2. The molecule has 0 aromatic rings. The van der Waals surface area contributed by atoms with Crippen molar-refractivity contribution in [3.63, 3.8) is 0 Å². The van der Waals surface area contributed by atoms with Crippen molar-refractivity contribution >= 4 is 17.9 Å². The molecule has 0 radical (unpaired) electrons. The fourth-order valence-electron chi connectivity index (χ4n) is 8.31. The third-order valence-electron chi connectivity index (χ3n) is 13.0. The SMILES string of the molecule is CC/C=C\C/C=C\C/C=C\C/C=C\C/C=C\C/C=C\C/C=C\C/C=C\C/C=C\CCCCCCCC(=O)OCC(COC(=O)CCCCCCCCCCC)OC(=O)CCCCCCC/C=C\CCCCCCCC. The monoisotopic (exact) mass is 1040 g/mol. The van der Waals surface area contributed by atoms with Crippen molar-refractivity contribution in [3.8, 4) is 0 Å². The molecule has 0 aromatic carbocycles. The van der Waals surface area contributed by atoms with Gasteiger partial charge in [0.1, 0.15) is 13.2 Å². The number of esters is 3. The fraction of sp³-hybridized carbons (Fsp3) is 0.667. The molecule has 1 atom stereocenters. The topological polar surface area (TPSA) is 78.9 Å². The molecular weight excluding hydrogens is 925 g/mol. The maximum absolute atomic E-state index is 12.8. The van der Waals surface area contributed by atoms with Gasteiger partial charge in [0.15, 0.2) is 6.10 Å². The minimum Gasteiger partial charge on any atom is -0.462 e. The Hall–Kier alpha value is -4.19. The van der Waals surface area contributed by atoms with Gasteiger partial charge in [0.25, 0.3) is 0 Å². The van der Waals surface area contributed by atoms with Crippen molar-refractivity contribution in [3.05, 3.63) is 122 Å². The molecule has 6 nitrogen and oxygen atoms in total. The third-order valence-corrected chi connectivity index (χ3v) is 13.0. The van der Waals surface area contributed by atoms with E-state index in [0.717, 1.165) is 148 Å². The standard InChI is InChI=1S/C69H114O6/c1-4-7-10-13-16-19-21-23-25-26-27-28-29-30-31-32-33-34-35-36-37-38-39-40-41-42-44-45-47-50-53-56-59-62-68(71)74-65-66(64-73-67(70)61-58-55-52-49-18-15-12-9-6-3)75-69(72)63-60-57-54-51-48-46-43-24-22-20-17-14-11-8-5-2/h7,10,16,19,23-25,27-28,30-31,33-34,36-37,39-40,42-44,66H,4-6,8-9,11-15,17-18,20-22,26,29,32,35,38,41,45-65H2,1-3H3/b10-7-,19-16-,25-23-,28-27-,31-30-,34-33-,37-36-,40-39-,43-24-,44-42-. The van der Waals surface area contributed by atoms with Crippen molar-refractivity contribution in [2.24, 2.45) is 0 Å². The van der Waals surface area contributed by atoms with Gasteiger partial charge < -0.3 is 14.2 Å². The Morgan fingerprint density at radius 3 is 0.827 bits per heavy atom. The van der Waals surface area contributed by atoms with Gasteiger partial charge in [-0.3, -0.25) is 14.4 Å². The summed E-state index contributed by atoms with van der Waals surface area (Å²) in [6.45, 7) is 6.48. The molecule has 75 heavy (non-hydrogen) atoms. The molecular formula is C69H114O6. The lowest BCUT2D eigenvalue weighted by Gasteiger charge is -2.18. The molecule has 0 saturated heterocycles. The summed E-state index contributed by atoms with van der Waals surface area (Å²) in [5.74, 6) is -0.917. The summed E-state index contributed by atoms with van der Waals surface area (Å²) >= 11 is 0. The first-order valence-corrected chi connectivity index (χ1v) is 31.0. The predicted molar refractivity (Wildman–Crippen MR) is 325 cm³/mol. The molecule has 1 unspecified atom stereocenters. The zero-order chi connectivity index (χ0) is 54.3. The van der Waals surface area contributed by atoms with Crippen LogP contribution in [0, 0.1) is 0 Å². The highest BCUT2D eigenvalue weighted by atomic mass is 16.6. The van der Waals surface area contributed by atoms with Crippen molar-refractivity contribution in [2.45, 2.75) is 284 Å². The van der Waals surface area contributed by atoms with Crippen LogP contribution in [0.5, 0.6) is 0 Å². The van der Waals surface area contributed by atoms with E-state index in [9.17, 15) is 14.4 Å². The molecule has 0 spiro atoms. The smallest absolute Gasteiger partial charge is 0.306 e. The number of rotatable bonds is 55. The van der Waals surface area contributed by atoms with Gasteiger partial charge in [0.05, 0.1) is 0 Å². The summed E-state index contributed by atoms with van der Waals surface area (Å²) in [6, 6.07) is 0. The summed E-state index contributed by atoms with van der Waals surface area (Å²) in [5, 5.41) is 0. The third kappa shape index (κ3) is 60.6. The van der Waals surface area contributed by atoms with Crippen LogP contribution in [-0.4, -0.2) is 37.2 Å². The minimum absolute atomic E-state index is 0.0873. The minimum atomic E-state index is -0.790. The molecule has 0 bridgehead atoms. The molecule has 0 rings (SSSR count). The number of allylic oxidation sites excluding steroid dienone is 20. The Kier molecular flexibility index (Phi) is 58.9. The van der Waals surface area contributed by atoms with E-state index in [4.69, 9.17) is 14.2 Å². The van der Waals surface area contributed by atoms with Crippen molar-refractivity contribution < 1.29 is 28.6 Å². The van der Waals surface area contributed by atoms with E-state index in [2.05, 4.69) is 142 Å². The average molecular weight is 1040 g/mol. The Labute approximate surface area is 462 Å². The highest BCUT2D eigenvalue weighted by molar-refractivity contribution is 5.71. The highest BCUT2D eigenvalue weighted by Gasteiger charge is 2.19. The second-order valence-electron chi connectivity index (χ2n) is 20.2. The fourth-order valence-corrected chi connectivity index (χ4v) is 8.31. The van der Waals surface area contributed by atoms with E-state index in [1.54, 1.807) is 0 Å². The number of carbonyl (C=O) groups excluding carboxylic acids is 3. The van der Waals surface area contributed by atoms with E-state index in [0.29, 0.717) is 19.3 Å². The van der Waals surface area contributed by atoms with Gasteiger partial charge in [-0.1, -0.05) is 264 Å². The van der Waals surface area contributed by atoms with E-state index in [-0.39, 0.29) is 31.1 Å². The quantitative estimate of drug-likeness (QED) is 0.0261. The van der Waals surface area contributed by atoms with Crippen LogP contribution in [0.3, 0.4) is 0 Å². The number of hydrogen-bond acceptors (Lipinski definition) is 6. The highest BCUT2D eigenvalue weighted by Crippen LogP contribution is 2.14. The van der Waals surface area contributed by atoms with Gasteiger partial charge in [-0.05, 0) is 116 Å². The number of unbranched alkanes of at least 4 members (excludes halogenated alkanes) is 24. The van der Waals surface area contributed by atoms with Crippen LogP contribution >= 0.6 is 0 Å². The van der Waals surface area contributed by atoms with Gasteiger partial charge >= 0.3 is 17.9 Å². The Morgan fingerprint density at radius 2 is 0.520 bits per heavy atom. The molecule has 0 aromatic heterocycles. The Bertz CT molecular complexity index is 1570. The zero-order valence-corrected chi connectivity index (χ0v) is 48.8. The van der Waals surface area contributed by atoms with Crippen LogP contribution in [0.1, 0.15) is 278 Å². The summed E-state index contributed by atoms with van der Waals surface area (Å²) in [6.07, 6.45) is 86.4. The first kappa shape index (κ1) is 70.8. The lowest BCUT2D eigenvalue weighted by atomic mass is 10.1. The first-order chi connectivity index (χ1) is 37.0. The summed E-state index contributed by atoms with van der Waals surface area (Å²) in [7, 11) is 0. The van der Waals surface area contributed by atoms with Crippen LogP contribution in [0.15, 0.2) is 122 Å². The van der Waals surface area contributed by atoms with E-state index in [1.807, 2.05) is 0 Å². The normalized spacial score (nSPS) is 12.9. The maximum atomic E-state index is 12.8. The molecule has 426 valence electrons. The second kappa shape index (κ2) is 62.4.